The summed E-state index contributed by atoms with van der Waals surface area (Å²) in [6.45, 7) is 4.15. The molecule has 0 bridgehead atoms. The number of carbonyl (C=O) groups excluding carboxylic acids is 2. The first-order valence-electron chi connectivity index (χ1n) is 11.0. The predicted molar refractivity (Wildman–Crippen MR) is 121 cm³/mol. The SMILES string of the molecule is CCC(CNC(=O)OCC1c2ccccc2-c2ccccc21)CC(=O)N[C@H](C)CC(=O)O. The standard InChI is InChI=1S/C25H30N2O5/c1-3-17(13-23(28)27-16(2)12-24(29)30)14-26-25(31)32-15-22-20-10-6-4-8-18(20)19-9-5-7-11-21(19)22/h4-11,16-17,22H,3,12-15H2,1-2H3,(H,26,31)(H,27,28)(H,29,30)/t16-,17?/m1/s1. The Morgan fingerprint density at radius 3 is 2.16 bits per heavy atom. The number of ether oxygens (including phenoxy) is 1. The highest BCUT2D eigenvalue weighted by Crippen LogP contribution is 2.44. The molecule has 3 rings (SSSR count). The van der Waals surface area contributed by atoms with Crippen molar-refractivity contribution in [3.63, 3.8) is 0 Å². The van der Waals surface area contributed by atoms with Crippen LogP contribution in [0.4, 0.5) is 4.79 Å². The maximum absolute atomic E-state index is 12.3. The Hall–Kier alpha value is -3.35. The molecular weight excluding hydrogens is 408 g/mol. The largest absolute Gasteiger partial charge is 0.481 e. The number of rotatable bonds is 10. The Morgan fingerprint density at radius 2 is 1.59 bits per heavy atom. The van der Waals surface area contributed by atoms with Gasteiger partial charge >= 0.3 is 12.1 Å². The van der Waals surface area contributed by atoms with Crippen molar-refractivity contribution in [1.82, 2.24) is 10.6 Å². The fraction of sp³-hybridized carbons (Fsp3) is 0.400. The Labute approximate surface area is 188 Å². The molecule has 1 aliphatic carbocycles. The molecule has 2 atom stereocenters. The van der Waals surface area contributed by atoms with Gasteiger partial charge in [0, 0.05) is 24.9 Å². The van der Waals surface area contributed by atoms with E-state index in [1.165, 1.54) is 11.1 Å². The third kappa shape index (κ3) is 5.87. The van der Waals surface area contributed by atoms with Gasteiger partial charge in [-0.25, -0.2) is 4.79 Å². The van der Waals surface area contributed by atoms with Crippen LogP contribution in [-0.4, -0.2) is 42.3 Å². The predicted octanol–water partition coefficient (Wildman–Crippen LogP) is 3.92. The van der Waals surface area contributed by atoms with Crippen LogP contribution in [0.15, 0.2) is 48.5 Å². The van der Waals surface area contributed by atoms with Gasteiger partial charge in [0.05, 0.1) is 6.42 Å². The molecule has 2 aromatic carbocycles. The monoisotopic (exact) mass is 438 g/mol. The number of benzene rings is 2. The lowest BCUT2D eigenvalue weighted by Crippen LogP contribution is -2.37. The maximum atomic E-state index is 12.3. The summed E-state index contributed by atoms with van der Waals surface area (Å²) in [4.78, 5) is 35.2. The number of aliphatic carboxylic acids is 1. The molecule has 7 nitrogen and oxygen atoms in total. The number of nitrogens with one attached hydrogen (secondary N) is 2. The number of carboxylic acid groups (broad SMARTS) is 1. The minimum atomic E-state index is -0.957. The first kappa shape index (κ1) is 23.3. The molecular formula is C25H30N2O5. The minimum Gasteiger partial charge on any atom is -0.481 e. The zero-order valence-electron chi connectivity index (χ0n) is 18.5. The molecule has 0 radical (unpaired) electrons. The summed E-state index contributed by atoms with van der Waals surface area (Å²) in [5.74, 6) is -1.24. The van der Waals surface area contributed by atoms with Crippen molar-refractivity contribution in [2.45, 2.75) is 45.1 Å². The van der Waals surface area contributed by atoms with Gasteiger partial charge in [-0.05, 0) is 35.1 Å². The van der Waals surface area contributed by atoms with E-state index in [2.05, 4.69) is 34.9 Å². The highest BCUT2D eigenvalue weighted by molar-refractivity contribution is 5.79. The maximum Gasteiger partial charge on any atom is 0.407 e. The van der Waals surface area contributed by atoms with Crippen LogP contribution in [0.1, 0.15) is 50.2 Å². The summed E-state index contributed by atoms with van der Waals surface area (Å²) in [5, 5.41) is 14.2. The lowest BCUT2D eigenvalue weighted by Gasteiger charge is -2.18. The lowest BCUT2D eigenvalue weighted by atomic mass is 9.98. The van der Waals surface area contributed by atoms with Crippen LogP contribution in [0.3, 0.4) is 0 Å². The fourth-order valence-corrected chi connectivity index (χ4v) is 4.15. The van der Waals surface area contributed by atoms with Crippen molar-refractivity contribution >= 4 is 18.0 Å². The topological polar surface area (TPSA) is 105 Å². The van der Waals surface area contributed by atoms with Crippen LogP contribution in [0.2, 0.25) is 0 Å². The number of hydrogen-bond acceptors (Lipinski definition) is 4. The molecule has 170 valence electrons. The van der Waals surface area contributed by atoms with E-state index in [0.29, 0.717) is 13.0 Å². The molecule has 7 heteroatoms. The average Bonchev–Trinajstić information content (AvgIpc) is 3.08. The molecule has 0 fully saturated rings. The van der Waals surface area contributed by atoms with Gasteiger partial charge in [-0.3, -0.25) is 9.59 Å². The van der Waals surface area contributed by atoms with Crippen molar-refractivity contribution in [3.05, 3.63) is 59.7 Å². The number of carboxylic acids is 1. The summed E-state index contributed by atoms with van der Waals surface area (Å²) >= 11 is 0. The molecule has 0 aromatic heterocycles. The second-order valence-corrected chi connectivity index (χ2v) is 8.25. The molecule has 1 aliphatic rings. The van der Waals surface area contributed by atoms with E-state index >= 15 is 0 Å². The van der Waals surface area contributed by atoms with Gasteiger partial charge in [0.2, 0.25) is 5.91 Å². The van der Waals surface area contributed by atoms with E-state index in [9.17, 15) is 14.4 Å². The Morgan fingerprint density at radius 1 is 1.00 bits per heavy atom. The zero-order valence-corrected chi connectivity index (χ0v) is 18.5. The Bertz CT molecular complexity index is 929. The summed E-state index contributed by atoms with van der Waals surface area (Å²) < 4.78 is 5.53. The number of carbonyl (C=O) groups is 3. The smallest absolute Gasteiger partial charge is 0.407 e. The summed E-state index contributed by atoms with van der Waals surface area (Å²) in [6, 6.07) is 15.9. The normalized spacial score (nSPS) is 14.1. The Kier molecular flexibility index (Phi) is 7.87. The second kappa shape index (κ2) is 10.8. The molecule has 32 heavy (non-hydrogen) atoms. The van der Waals surface area contributed by atoms with Gasteiger partial charge in [-0.15, -0.1) is 0 Å². The molecule has 1 unspecified atom stereocenters. The molecule has 2 aromatic rings. The number of hydrogen-bond donors (Lipinski definition) is 3. The van der Waals surface area contributed by atoms with Crippen LogP contribution in [-0.2, 0) is 14.3 Å². The summed E-state index contributed by atoms with van der Waals surface area (Å²) in [5.41, 5.74) is 4.65. The number of alkyl carbamates (subject to hydrolysis) is 1. The van der Waals surface area contributed by atoms with Gasteiger partial charge < -0.3 is 20.5 Å². The van der Waals surface area contributed by atoms with Gasteiger partial charge in [-0.1, -0.05) is 61.9 Å². The van der Waals surface area contributed by atoms with Crippen molar-refractivity contribution in [2.24, 2.45) is 5.92 Å². The summed E-state index contributed by atoms with van der Waals surface area (Å²) in [7, 11) is 0. The molecule has 0 spiro atoms. The van der Waals surface area contributed by atoms with Gasteiger partial charge in [0.15, 0.2) is 0 Å². The van der Waals surface area contributed by atoms with Crippen molar-refractivity contribution in [2.75, 3.05) is 13.2 Å². The van der Waals surface area contributed by atoms with E-state index in [1.807, 2.05) is 31.2 Å². The highest BCUT2D eigenvalue weighted by Gasteiger charge is 2.29. The molecule has 0 saturated carbocycles. The third-order valence-corrected chi connectivity index (χ3v) is 5.82. The van der Waals surface area contributed by atoms with Crippen LogP contribution < -0.4 is 10.6 Å². The average molecular weight is 439 g/mol. The third-order valence-electron chi connectivity index (χ3n) is 5.82. The van der Waals surface area contributed by atoms with Crippen molar-refractivity contribution < 1.29 is 24.2 Å². The second-order valence-electron chi connectivity index (χ2n) is 8.25. The number of fused-ring (bicyclic) bond motifs is 3. The van der Waals surface area contributed by atoms with Crippen LogP contribution >= 0.6 is 0 Å². The quantitative estimate of drug-likeness (QED) is 0.521. The zero-order chi connectivity index (χ0) is 23.1. The molecule has 2 amide bonds. The van der Waals surface area contributed by atoms with E-state index in [0.717, 1.165) is 11.1 Å². The molecule has 0 aliphatic heterocycles. The van der Waals surface area contributed by atoms with Crippen molar-refractivity contribution in [1.29, 1.82) is 0 Å². The first-order valence-corrected chi connectivity index (χ1v) is 11.0. The summed E-state index contributed by atoms with van der Waals surface area (Å²) in [6.07, 6.45) is 0.277. The van der Waals surface area contributed by atoms with Gasteiger partial charge in [-0.2, -0.15) is 0 Å². The van der Waals surface area contributed by atoms with Gasteiger partial charge in [0.25, 0.3) is 0 Å². The fourth-order valence-electron chi connectivity index (χ4n) is 4.15. The number of amides is 2. The van der Waals surface area contributed by atoms with Gasteiger partial charge in [0.1, 0.15) is 6.61 Å². The van der Waals surface area contributed by atoms with E-state index in [1.54, 1.807) is 6.92 Å². The van der Waals surface area contributed by atoms with E-state index in [4.69, 9.17) is 9.84 Å². The minimum absolute atomic E-state index is 0.00313. The van der Waals surface area contributed by atoms with Crippen molar-refractivity contribution in [3.8, 4) is 11.1 Å². The van der Waals surface area contributed by atoms with Crippen LogP contribution in [0.25, 0.3) is 11.1 Å². The Balaban J connectivity index is 1.49. The first-order chi connectivity index (χ1) is 15.4. The van der Waals surface area contributed by atoms with Crippen LogP contribution in [0.5, 0.6) is 0 Å². The van der Waals surface area contributed by atoms with Crippen LogP contribution in [0, 0.1) is 5.92 Å². The van der Waals surface area contributed by atoms with E-state index in [-0.39, 0.29) is 37.2 Å². The lowest BCUT2D eigenvalue weighted by molar-refractivity contribution is -0.137. The molecule has 0 heterocycles. The van der Waals surface area contributed by atoms with E-state index < -0.39 is 18.1 Å². The highest BCUT2D eigenvalue weighted by atomic mass is 16.5. The molecule has 3 N–H and O–H groups in total. The molecule has 0 saturated heterocycles.